The number of sulfone groups is 1. The van der Waals surface area contributed by atoms with Crippen molar-refractivity contribution in [2.45, 2.75) is 11.5 Å². The number of oxazole rings is 1. The lowest BCUT2D eigenvalue weighted by Gasteiger charge is -2.03. The molecule has 0 unspecified atom stereocenters. The van der Waals surface area contributed by atoms with E-state index in [-0.39, 0.29) is 23.1 Å². The van der Waals surface area contributed by atoms with Gasteiger partial charge in [0.2, 0.25) is 5.89 Å². The molecule has 0 saturated carbocycles. The second-order valence-corrected chi connectivity index (χ2v) is 8.68. The number of benzene rings is 3. The topological polar surface area (TPSA) is 69.4 Å². The fraction of sp³-hybridized carbons (Fsp3) is 0.0870. The van der Waals surface area contributed by atoms with Gasteiger partial charge in [-0.25, -0.2) is 17.8 Å². The van der Waals surface area contributed by atoms with Gasteiger partial charge in [0, 0.05) is 17.4 Å². The zero-order valence-electron chi connectivity index (χ0n) is 16.1. The minimum atomic E-state index is -3.30. The molecule has 0 bridgehead atoms. The van der Waals surface area contributed by atoms with Crippen LogP contribution in [0, 0.1) is 5.82 Å². The molecule has 0 radical (unpaired) electrons. The minimum Gasteiger partial charge on any atom is -0.481 e. The van der Waals surface area contributed by atoms with Crippen LogP contribution in [0.15, 0.2) is 88.2 Å². The van der Waals surface area contributed by atoms with E-state index in [1.165, 1.54) is 24.3 Å². The highest BCUT2D eigenvalue weighted by Gasteiger charge is 2.18. The van der Waals surface area contributed by atoms with Gasteiger partial charge in [0.1, 0.15) is 5.69 Å². The molecule has 5 nitrogen and oxygen atoms in total. The van der Waals surface area contributed by atoms with Crippen LogP contribution in [0.1, 0.15) is 5.89 Å². The fourth-order valence-corrected chi connectivity index (χ4v) is 3.60. The van der Waals surface area contributed by atoms with Gasteiger partial charge < -0.3 is 9.15 Å². The molecule has 4 aromatic rings. The predicted octanol–water partition coefficient (Wildman–Crippen LogP) is 5.13. The average molecular weight is 423 g/mol. The van der Waals surface area contributed by atoms with E-state index in [9.17, 15) is 12.8 Å². The summed E-state index contributed by atoms with van der Waals surface area (Å²) in [6.45, 7) is -0.0534. The molecule has 0 atom stereocenters. The predicted molar refractivity (Wildman–Crippen MR) is 111 cm³/mol. The first-order valence-corrected chi connectivity index (χ1v) is 11.0. The highest BCUT2D eigenvalue weighted by molar-refractivity contribution is 7.90. The van der Waals surface area contributed by atoms with Crippen molar-refractivity contribution < 1.29 is 22.0 Å². The Morgan fingerprint density at radius 1 is 0.900 bits per heavy atom. The Bertz CT molecular complexity index is 1270. The molecular formula is C23H18FNO4S. The van der Waals surface area contributed by atoms with Gasteiger partial charge in [-0.2, -0.15) is 0 Å². The summed E-state index contributed by atoms with van der Waals surface area (Å²) in [5.41, 5.74) is 2.06. The van der Waals surface area contributed by atoms with E-state index in [0.717, 1.165) is 11.8 Å². The molecule has 0 saturated heterocycles. The van der Waals surface area contributed by atoms with Crippen LogP contribution in [-0.4, -0.2) is 19.7 Å². The minimum absolute atomic E-state index is 0.0534. The molecule has 4 rings (SSSR count). The summed E-state index contributed by atoms with van der Waals surface area (Å²) in [5.74, 6) is 0.439. The van der Waals surface area contributed by atoms with Crippen LogP contribution in [-0.2, 0) is 16.4 Å². The number of nitrogens with zero attached hydrogens (tertiary/aromatic N) is 1. The van der Waals surface area contributed by atoms with Crippen LogP contribution in [0.25, 0.3) is 22.6 Å². The zero-order valence-corrected chi connectivity index (χ0v) is 16.9. The first-order valence-electron chi connectivity index (χ1n) is 9.15. The molecule has 0 aliphatic rings. The van der Waals surface area contributed by atoms with Gasteiger partial charge in [0.25, 0.3) is 0 Å². The van der Waals surface area contributed by atoms with Crippen LogP contribution in [0.5, 0.6) is 5.75 Å². The average Bonchev–Trinajstić information content (AvgIpc) is 3.18. The molecule has 7 heteroatoms. The Hall–Kier alpha value is -3.45. The fourth-order valence-electron chi connectivity index (χ4n) is 2.97. The summed E-state index contributed by atoms with van der Waals surface area (Å²) in [7, 11) is -3.30. The van der Waals surface area contributed by atoms with Crippen molar-refractivity contribution >= 4 is 9.84 Å². The van der Waals surface area contributed by atoms with Crippen molar-refractivity contribution in [3.05, 3.63) is 90.6 Å². The molecule has 0 amide bonds. The summed E-state index contributed by atoms with van der Waals surface area (Å²) in [6.07, 6.45) is 1.16. The normalized spacial score (nSPS) is 11.4. The number of para-hydroxylation sites is 1. The van der Waals surface area contributed by atoms with Gasteiger partial charge in [0.15, 0.2) is 33.8 Å². The van der Waals surface area contributed by atoms with E-state index in [1.807, 2.05) is 30.3 Å². The zero-order chi connectivity index (χ0) is 21.1. The molecule has 0 spiro atoms. The third-order valence-electron chi connectivity index (χ3n) is 4.45. The maximum atomic E-state index is 13.8. The second kappa shape index (κ2) is 8.12. The standard InChI is InChI=1S/C23H18FNO4S/c1-30(26,27)18-13-11-16(12-14-18)22-23(17-7-3-2-4-8-17)29-21(25-22)15-28-20-10-6-5-9-19(20)24/h2-14H,15H2,1H3. The number of rotatable bonds is 6. The third kappa shape index (κ3) is 4.26. The third-order valence-corrected chi connectivity index (χ3v) is 5.58. The Balaban J connectivity index is 1.70. The number of ether oxygens (including phenoxy) is 1. The molecule has 1 heterocycles. The first kappa shape index (κ1) is 19.8. The maximum absolute atomic E-state index is 13.8. The van der Waals surface area contributed by atoms with Crippen molar-refractivity contribution in [3.8, 4) is 28.3 Å². The molecule has 3 aromatic carbocycles. The summed E-state index contributed by atoms with van der Waals surface area (Å²) in [6, 6.07) is 22.0. The summed E-state index contributed by atoms with van der Waals surface area (Å²) in [4.78, 5) is 4.75. The quantitative estimate of drug-likeness (QED) is 0.430. The molecule has 0 aliphatic carbocycles. The van der Waals surface area contributed by atoms with E-state index in [1.54, 1.807) is 24.3 Å². The Morgan fingerprint density at radius 3 is 2.23 bits per heavy atom. The smallest absolute Gasteiger partial charge is 0.233 e. The van der Waals surface area contributed by atoms with Crippen molar-refractivity contribution in [3.63, 3.8) is 0 Å². The van der Waals surface area contributed by atoms with Crippen LogP contribution >= 0.6 is 0 Å². The lowest BCUT2D eigenvalue weighted by Crippen LogP contribution is -1.98. The molecule has 152 valence electrons. The summed E-state index contributed by atoms with van der Waals surface area (Å²) in [5, 5.41) is 0. The lowest BCUT2D eigenvalue weighted by atomic mass is 10.1. The van der Waals surface area contributed by atoms with E-state index in [0.29, 0.717) is 17.0 Å². The lowest BCUT2D eigenvalue weighted by molar-refractivity contribution is 0.253. The van der Waals surface area contributed by atoms with Gasteiger partial charge in [-0.15, -0.1) is 0 Å². The number of halogens is 1. The van der Waals surface area contributed by atoms with E-state index in [2.05, 4.69) is 4.98 Å². The van der Waals surface area contributed by atoms with Gasteiger partial charge in [-0.3, -0.25) is 0 Å². The number of hydrogen-bond donors (Lipinski definition) is 0. The van der Waals surface area contributed by atoms with Crippen LogP contribution in [0.3, 0.4) is 0 Å². The van der Waals surface area contributed by atoms with Crippen LogP contribution in [0.4, 0.5) is 4.39 Å². The van der Waals surface area contributed by atoms with Crippen LogP contribution < -0.4 is 4.74 Å². The highest BCUT2D eigenvalue weighted by Crippen LogP contribution is 2.33. The van der Waals surface area contributed by atoms with Crippen molar-refractivity contribution in [1.29, 1.82) is 0 Å². The van der Waals surface area contributed by atoms with E-state index in [4.69, 9.17) is 9.15 Å². The largest absolute Gasteiger partial charge is 0.481 e. The monoisotopic (exact) mass is 423 g/mol. The SMILES string of the molecule is CS(=O)(=O)c1ccc(-c2nc(COc3ccccc3F)oc2-c2ccccc2)cc1. The van der Waals surface area contributed by atoms with Crippen LogP contribution in [0.2, 0.25) is 0 Å². The first-order chi connectivity index (χ1) is 14.4. The van der Waals surface area contributed by atoms with Gasteiger partial charge in [-0.1, -0.05) is 54.6 Å². The maximum Gasteiger partial charge on any atom is 0.233 e. The van der Waals surface area contributed by atoms with E-state index < -0.39 is 15.7 Å². The summed E-state index contributed by atoms with van der Waals surface area (Å²) >= 11 is 0. The second-order valence-electron chi connectivity index (χ2n) is 6.67. The Morgan fingerprint density at radius 2 is 1.57 bits per heavy atom. The van der Waals surface area contributed by atoms with Gasteiger partial charge in [-0.05, 0) is 24.3 Å². The molecule has 1 aromatic heterocycles. The Labute approximate surface area is 173 Å². The van der Waals surface area contributed by atoms with Crippen molar-refractivity contribution in [1.82, 2.24) is 4.98 Å². The molecule has 0 aliphatic heterocycles. The molecule has 30 heavy (non-hydrogen) atoms. The van der Waals surface area contributed by atoms with E-state index >= 15 is 0 Å². The van der Waals surface area contributed by atoms with Gasteiger partial charge in [0.05, 0.1) is 4.90 Å². The number of hydrogen-bond acceptors (Lipinski definition) is 5. The molecular weight excluding hydrogens is 405 g/mol. The summed E-state index contributed by atoms with van der Waals surface area (Å²) < 4.78 is 48.7. The molecule has 0 N–H and O–H groups in total. The van der Waals surface area contributed by atoms with Crippen molar-refractivity contribution in [2.24, 2.45) is 0 Å². The Kier molecular flexibility index (Phi) is 5.37. The van der Waals surface area contributed by atoms with Crippen molar-refractivity contribution in [2.75, 3.05) is 6.26 Å². The molecule has 0 fully saturated rings. The van der Waals surface area contributed by atoms with Gasteiger partial charge >= 0.3 is 0 Å². The highest BCUT2D eigenvalue weighted by atomic mass is 32.2. The number of aromatic nitrogens is 1.